The van der Waals surface area contributed by atoms with Crippen molar-refractivity contribution >= 4 is 6.03 Å². The number of aromatic nitrogens is 2. The molecule has 1 saturated heterocycles. The molecule has 2 amide bonds. The van der Waals surface area contributed by atoms with Crippen molar-refractivity contribution in [1.29, 1.82) is 0 Å². The Kier molecular flexibility index (Phi) is 3.22. The molecule has 5 nitrogen and oxygen atoms in total. The summed E-state index contributed by atoms with van der Waals surface area (Å²) in [7, 11) is 0. The minimum Gasteiger partial charge on any atom is -0.348 e. The van der Waals surface area contributed by atoms with E-state index in [1.807, 2.05) is 4.90 Å². The van der Waals surface area contributed by atoms with Crippen LogP contribution in [-0.2, 0) is 6.42 Å². The molecule has 0 aliphatic carbocycles. The second kappa shape index (κ2) is 4.82. The molecule has 1 aromatic heterocycles. The lowest BCUT2D eigenvalue weighted by atomic mass is 10.3. The molecule has 1 aromatic rings. The van der Waals surface area contributed by atoms with Crippen molar-refractivity contribution in [1.82, 2.24) is 20.2 Å². The summed E-state index contributed by atoms with van der Waals surface area (Å²) in [6.45, 7) is 2.46. The average Bonchev–Trinajstić information content (AvgIpc) is 2.90. The van der Waals surface area contributed by atoms with E-state index in [2.05, 4.69) is 15.3 Å². The summed E-state index contributed by atoms with van der Waals surface area (Å²) >= 11 is 0. The van der Waals surface area contributed by atoms with Gasteiger partial charge in [0.15, 0.2) is 0 Å². The normalized spacial score (nSPS) is 15.6. The molecule has 0 radical (unpaired) electrons. The lowest BCUT2D eigenvalue weighted by Crippen LogP contribution is -2.38. The average molecular weight is 208 g/mol. The lowest BCUT2D eigenvalue weighted by molar-refractivity contribution is 0.209. The molecule has 15 heavy (non-hydrogen) atoms. The number of H-pyrrole nitrogens is 1. The van der Waals surface area contributed by atoms with E-state index in [1.165, 1.54) is 0 Å². The number of imidazole rings is 1. The third-order valence-electron chi connectivity index (χ3n) is 2.62. The molecule has 2 N–H and O–H groups in total. The Morgan fingerprint density at radius 2 is 2.33 bits per heavy atom. The maximum atomic E-state index is 11.6. The van der Waals surface area contributed by atoms with Crippen molar-refractivity contribution in [2.75, 3.05) is 19.6 Å². The third-order valence-corrected chi connectivity index (χ3v) is 2.62. The predicted octanol–water partition coefficient (Wildman–Crippen LogP) is 0.758. The summed E-state index contributed by atoms with van der Waals surface area (Å²) in [5.74, 6) is 0. The van der Waals surface area contributed by atoms with Gasteiger partial charge in [-0.05, 0) is 12.8 Å². The summed E-state index contributed by atoms with van der Waals surface area (Å²) in [6, 6.07) is 0.0621. The molecular weight excluding hydrogens is 192 g/mol. The largest absolute Gasteiger partial charge is 0.348 e. The molecular formula is C10H16N4O. The van der Waals surface area contributed by atoms with Crippen molar-refractivity contribution < 1.29 is 4.79 Å². The summed E-state index contributed by atoms with van der Waals surface area (Å²) < 4.78 is 0. The number of likely N-dealkylation sites (tertiary alicyclic amines) is 1. The maximum absolute atomic E-state index is 11.6. The van der Waals surface area contributed by atoms with Gasteiger partial charge >= 0.3 is 6.03 Å². The number of nitrogens with one attached hydrogen (secondary N) is 2. The molecule has 0 aromatic carbocycles. The number of amides is 2. The molecule has 1 aliphatic heterocycles. The highest BCUT2D eigenvalue weighted by molar-refractivity contribution is 5.74. The highest BCUT2D eigenvalue weighted by Crippen LogP contribution is 2.06. The van der Waals surface area contributed by atoms with E-state index in [0.717, 1.165) is 38.0 Å². The molecule has 5 heteroatoms. The lowest BCUT2D eigenvalue weighted by Gasteiger charge is -2.15. The predicted molar refractivity (Wildman–Crippen MR) is 56.5 cm³/mol. The highest BCUT2D eigenvalue weighted by atomic mass is 16.2. The maximum Gasteiger partial charge on any atom is 0.317 e. The molecule has 2 rings (SSSR count). The number of urea groups is 1. The Hall–Kier alpha value is -1.52. The fraction of sp³-hybridized carbons (Fsp3) is 0.600. The van der Waals surface area contributed by atoms with E-state index in [9.17, 15) is 4.79 Å². The number of carbonyl (C=O) groups is 1. The first-order valence-electron chi connectivity index (χ1n) is 5.36. The standard InChI is InChI=1S/C10H16N4O/c15-10(14-5-1-2-6-14)12-4-3-9-7-11-8-13-9/h7-8H,1-6H2,(H,11,13)(H,12,15). The van der Waals surface area contributed by atoms with Crippen LogP contribution in [0.25, 0.3) is 0 Å². The van der Waals surface area contributed by atoms with E-state index in [-0.39, 0.29) is 6.03 Å². The second-order valence-electron chi connectivity index (χ2n) is 3.75. The van der Waals surface area contributed by atoms with Crippen molar-refractivity contribution in [3.8, 4) is 0 Å². The van der Waals surface area contributed by atoms with Crippen LogP contribution in [0.1, 0.15) is 18.5 Å². The zero-order valence-electron chi connectivity index (χ0n) is 8.70. The van der Waals surface area contributed by atoms with Crippen molar-refractivity contribution in [3.63, 3.8) is 0 Å². The Morgan fingerprint density at radius 3 is 3.00 bits per heavy atom. The Labute approximate surface area is 88.9 Å². The van der Waals surface area contributed by atoms with E-state index >= 15 is 0 Å². The molecule has 82 valence electrons. The number of rotatable bonds is 3. The zero-order valence-corrected chi connectivity index (χ0v) is 8.70. The Balaban J connectivity index is 1.67. The van der Waals surface area contributed by atoms with Crippen LogP contribution in [0, 0.1) is 0 Å². The van der Waals surface area contributed by atoms with Crippen molar-refractivity contribution in [2.45, 2.75) is 19.3 Å². The van der Waals surface area contributed by atoms with E-state index < -0.39 is 0 Å². The van der Waals surface area contributed by atoms with E-state index in [1.54, 1.807) is 12.5 Å². The first kappa shape index (κ1) is 10.0. The van der Waals surface area contributed by atoms with Crippen LogP contribution in [0.3, 0.4) is 0 Å². The van der Waals surface area contributed by atoms with Gasteiger partial charge < -0.3 is 15.2 Å². The van der Waals surface area contributed by atoms with Crippen LogP contribution in [-0.4, -0.2) is 40.5 Å². The van der Waals surface area contributed by atoms with Gasteiger partial charge in [0.1, 0.15) is 0 Å². The summed E-state index contributed by atoms with van der Waals surface area (Å²) in [5, 5.41) is 2.90. The van der Waals surface area contributed by atoms with Gasteiger partial charge in [0.25, 0.3) is 0 Å². The van der Waals surface area contributed by atoms with Gasteiger partial charge in [0.2, 0.25) is 0 Å². The summed E-state index contributed by atoms with van der Waals surface area (Å²) in [4.78, 5) is 20.4. The minimum absolute atomic E-state index is 0.0621. The van der Waals surface area contributed by atoms with E-state index in [0.29, 0.717) is 6.54 Å². The van der Waals surface area contributed by atoms with Crippen LogP contribution >= 0.6 is 0 Å². The molecule has 0 atom stereocenters. The first-order valence-corrected chi connectivity index (χ1v) is 5.36. The van der Waals surface area contributed by atoms with Crippen LogP contribution < -0.4 is 5.32 Å². The van der Waals surface area contributed by atoms with Gasteiger partial charge in [-0.1, -0.05) is 0 Å². The summed E-state index contributed by atoms with van der Waals surface area (Å²) in [6.07, 6.45) is 6.50. The summed E-state index contributed by atoms with van der Waals surface area (Å²) in [5.41, 5.74) is 1.05. The molecule has 0 bridgehead atoms. The number of carbonyl (C=O) groups excluding carboxylic acids is 1. The number of hydrogen-bond acceptors (Lipinski definition) is 2. The van der Waals surface area contributed by atoms with Gasteiger partial charge in [-0.25, -0.2) is 9.78 Å². The third kappa shape index (κ3) is 2.71. The number of aromatic amines is 1. The van der Waals surface area contributed by atoms with Crippen LogP contribution in [0.2, 0.25) is 0 Å². The van der Waals surface area contributed by atoms with Gasteiger partial charge in [0, 0.05) is 37.9 Å². The van der Waals surface area contributed by atoms with Crippen LogP contribution in [0.5, 0.6) is 0 Å². The molecule has 1 fully saturated rings. The first-order chi connectivity index (χ1) is 7.36. The fourth-order valence-corrected chi connectivity index (χ4v) is 1.76. The zero-order chi connectivity index (χ0) is 10.5. The van der Waals surface area contributed by atoms with Crippen LogP contribution in [0.4, 0.5) is 4.79 Å². The molecule has 0 saturated carbocycles. The smallest absolute Gasteiger partial charge is 0.317 e. The van der Waals surface area contributed by atoms with Crippen molar-refractivity contribution in [2.24, 2.45) is 0 Å². The van der Waals surface area contributed by atoms with Crippen molar-refractivity contribution in [3.05, 3.63) is 18.2 Å². The number of nitrogens with zero attached hydrogens (tertiary/aromatic N) is 2. The van der Waals surface area contributed by atoms with Gasteiger partial charge in [-0.15, -0.1) is 0 Å². The van der Waals surface area contributed by atoms with Gasteiger partial charge in [0.05, 0.1) is 6.33 Å². The highest BCUT2D eigenvalue weighted by Gasteiger charge is 2.16. The topological polar surface area (TPSA) is 61.0 Å². The monoisotopic (exact) mass is 208 g/mol. The number of hydrogen-bond donors (Lipinski definition) is 2. The molecule has 0 spiro atoms. The van der Waals surface area contributed by atoms with E-state index in [4.69, 9.17) is 0 Å². The quantitative estimate of drug-likeness (QED) is 0.770. The van der Waals surface area contributed by atoms with Gasteiger partial charge in [-0.2, -0.15) is 0 Å². The molecule has 2 heterocycles. The fourth-order valence-electron chi connectivity index (χ4n) is 1.76. The molecule has 1 aliphatic rings. The van der Waals surface area contributed by atoms with Crippen LogP contribution in [0.15, 0.2) is 12.5 Å². The SMILES string of the molecule is O=C(NCCc1cnc[nH]1)N1CCCC1. The minimum atomic E-state index is 0.0621. The second-order valence-corrected chi connectivity index (χ2v) is 3.75. The van der Waals surface area contributed by atoms with Gasteiger partial charge in [-0.3, -0.25) is 0 Å². The Bertz CT molecular complexity index is 303. The Morgan fingerprint density at radius 1 is 1.53 bits per heavy atom. The molecule has 0 unspecified atom stereocenters.